The second kappa shape index (κ2) is 8.16. The van der Waals surface area contributed by atoms with Crippen molar-refractivity contribution in [2.45, 2.75) is 24.3 Å². The van der Waals surface area contributed by atoms with Gasteiger partial charge in [-0.15, -0.1) is 0 Å². The highest BCUT2D eigenvalue weighted by Gasteiger charge is 2.33. The van der Waals surface area contributed by atoms with Crippen LogP contribution < -0.4 is 5.32 Å². The second-order valence-corrected chi connectivity index (χ2v) is 8.60. The number of hydrogen-bond donors (Lipinski definition) is 1. The quantitative estimate of drug-likeness (QED) is 0.846. The topological polar surface area (TPSA) is 79.4 Å². The van der Waals surface area contributed by atoms with Crippen LogP contribution in [0.1, 0.15) is 18.4 Å². The van der Waals surface area contributed by atoms with Crippen LogP contribution >= 0.6 is 11.6 Å². The van der Waals surface area contributed by atoms with E-state index < -0.39 is 10.0 Å². The van der Waals surface area contributed by atoms with E-state index in [4.69, 9.17) is 11.6 Å². The lowest BCUT2D eigenvalue weighted by atomic mass is 9.99. The predicted molar refractivity (Wildman–Crippen MR) is 99.0 cm³/mol. The molecule has 2 heterocycles. The summed E-state index contributed by atoms with van der Waals surface area (Å²) in [7, 11) is -3.63. The molecular formula is C18H20ClN3O3S. The van der Waals surface area contributed by atoms with Crippen molar-refractivity contribution in [1.29, 1.82) is 0 Å². The van der Waals surface area contributed by atoms with E-state index in [0.717, 1.165) is 5.56 Å². The molecule has 1 atom stereocenters. The second-order valence-electron chi connectivity index (χ2n) is 6.23. The van der Waals surface area contributed by atoms with Crippen LogP contribution in [0.4, 0.5) is 0 Å². The van der Waals surface area contributed by atoms with Crippen molar-refractivity contribution in [1.82, 2.24) is 14.6 Å². The van der Waals surface area contributed by atoms with Crippen molar-refractivity contribution in [3.63, 3.8) is 0 Å². The summed E-state index contributed by atoms with van der Waals surface area (Å²) in [5.74, 6) is -0.481. The van der Waals surface area contributed by atoms with Crippen LogP contribution in [0.15, 0.2) is 53.7 Å². The fourth-order valence-corrected chi connectivity index (χ4v) is 4.61. The lowest BCUT2D eigenvalue weighted by Crippen LogP contribution is -2.45. The molecule has 1 saturated heterocycles. The lowest BCUT2D eigenvalue weighted by Gasteiger charge is -2.31. The third-order valence-electron chi connectivity index (χ3n) is 4.42. The number of carbonyl (C=O) groups is 1. The zero-order valence-corrected chi connectivity index (χ0v) is 15.7. The van der Waals surface area contributed by atoms with Gasteiger partial charge in [-0.25, -0.2) is 8.42 Å². The third kappa shape index (κ3) is 4.41. The molecule has 0 bridgehead atoms. The molecule has 1 aliphatic rings. The zero-order chi connectivity index (χ0) is 18.6. The van der Waals surface area contributed by atoms with E-state index >= 15 is 0 Å². The first-order valence-electron chi connectivity index (χ1n) is 8.39. The minimum Gasteiger partial charge on any atom is -0.352 e. The average molecular weight is 394 g/mol. The molecule has 1 fully saturated rings. The molecular weight excluding hydrogens is 374 g/mol. The van der Waals surface area contributed by atoms with E-state index in [1.165, 1.54) is 16.4 Å². The van der Waals surface area contributed by atoms with Crippen LogP contribution in [0, 0.1) is 5.92 Å². The minimum absolute atomic E-state index is 0.127. The Balaban J connectivity index is 1.64. The number of sulfonamides is 1. The molecule has 1 aromatic heterocycles. The highest BCUT2D eigenvalue weighted by atomic mass is 35.5. The first-order valence-corrected chi connectivity index (χ1v) is 10.2. The Morgan fingerprint density at radius 3 is 2.58 bits per heavy atom. The van der Waals surface area contributed by atoms with Gasteiger partial charge in [0.05, 0.1) is 10.8 Å². The molecule has 0 radical (unpaired) electrons. The molecule has 2 aromatic rings. The van der Waals surface area contributed by atoms with Gasteiger partial charge in [0, 0.05) is 37.1 Å². The molecule has 8 heteroatoms. The summed E-state index contributed by atoms with van der Waals surface area (Å²) in [5.41, 5.74) is 0.954. The van der Waals surface area contributed by atoms with Crippen molar-refractivity contribution in [2.75, 3.05) is 13.1 Å². The molecule has 3 rings (SSSR count). The highest BCUT2D eigenvalue weighted by molar-refractivity contribution is 7.89. The Kier molecular flexibility index (Phi) is 5.90. The summed E-state index contributed by atoms with van der Waals surface area (Å²) >= 11 is 5.83. The summed E-state index contributed by atoms with van der Waals surface area (Å²) in [6.07, 6.45) is 4.67. The average Bonchev–Trinajstić information content (AvgIpc) is 2.67. The number of aromatic nitrogens is 1. The Bertz CT molecular complexity index is 857. The van der Waals surface area contributed by atoms with Gasteiger partial charge < -0.3 is 5.32 Å². The zero-order valence-electron chi connectivity index (χ0n) is 14.1. The first kappa shape index (κ1) is 18.8. The lowest BCUT2D eigenvalue weighted by molar-refractivity contribution is -0.126. The molecule has 0 aliphatic carbocycles. The van der Waals surface area contributed by atoms with Gasteiger partial charge in [0.25, 0.3) is 0 Å². The number of nitrogens with zero attached hydrogens (tertiary/aromatic N) is 2. The monoisotopic (exact) mass is 393 g/mol. The van der Waals surface area contributed by atoms with Gasteiger partial charge in [0.2, 0.25) is 15.9 Å². The van der Waals surface area contributed by atoms with Gasteiger partial charge >= 0.3 is 0 Å². The highest BCUT2D eigenvalue weighted by Crippen LogP contribution is 2.25. The summed E-state index contributed by atoms with van der Waals surface area (Å²) in [5, 5.41) is 3.36. The molecule has 1 aliphatic heterocycles. The van der Waals surface area contributed by atoms with Gasteiger partial charge in [-0.3, -0.25) is 9.78 Å². The Hall–Kier alpha value is -1.96. The fourth-order valence-electron chi connectivity index (χ4n) is 2.96. The van der Waals surface area contributed by atoms with E-state index in [2.05, 4.69) is 10.3 Å². The van der Waals surface area contributed by atoms with Crippen LogP contribution in [-0.4, -0.2) is 36.7 Å². The number of piperidine rings is 1. The standard InChI is InChI=1S/C18H20ClN3O3S/c19-16-3-5-17(6-4-16)26(24,25)22-11-1-2-15(13-22)18(23)21-12-14-7-9-20-10-8-14/h3-10,15H,1-2,11-13H2,(H,21,23)/t15-/m0/s1. The van der Waals surface area contributed by atoms with Crippen molar-refractivity contribution in [3.05, 3.63) is 59.4 Å². The molecule has 1 N–H and O–H groups in total. The molecule has 6 nitrogen and oxygen atoms in total. The summed E-state index contributed by atoms with van der Waals surface area (Å²) in [4.78, 5) is 16.6. The van der Waals surface area contributed by atoms with Gasteiger partial charge in [-0.1, -0.05) is 11.6 Å². The summed E-state index contributed by atoms with van der Waals surface area (Å²) < 4.78 is 27.0. The molecule has 26 heavy (non-hydrogen) atoms. The Morgan fingerprint density at radius 1 is 1.19 bits per heavy atom. The number of pyridine rings is 1. The maximum atomic E-state index is 12.8. The van der Waals surface area contributed by atoms with Gasteiger partial charge in [0.1, 0.15) is 0 Å². The van der Waals surface area contributed by atoms with Crippen LogP contribution in [0.2, 0.25) is 5.02 Å². The first-order chi connectivity index (χ1) is 12.5. The molecule has 0 saturated carbocycles. The van der Waals surface area contributed by atoms with E-state index in [-0.39, 0.29) is 23.3 Å². The van der Waals surface area contributed by atoms with Gasteiger partial charge in [-0.05, 0) is 54.8 Å². The van der Waals surface area contributed by atoms with Gasteiger partial charge in [-0.2, -0.15) is 4.31 Å². The fraction of sp³-hybridized carbons (Fsp3) is 0.333. The largest absolute Gasteiger partial charge is 0.352 e. The molecule has 1 amide bonds. The number of halogens is 1. The van der Waals surface area contributed by atoms with Crippen molar-refractivity contribution >= 4 is 27.5 Å². The number of rotatable bonds is 5. The maximum Gasteiger partial charge on any atom is 0.243 e. The van der Waals surface area contributed by atoms with Crippen molar-refractivity contribution in [2.24, 2.45) is 5.92 Å². The van der Waals surface area contributed by atoms with Crippen LogP contribution in [-0.2, 0) is 21.4 Å². The molecule has 1 aromatic carbocycles. The number of carbonyl (C=O) groups excluding carboxylic acids is 1. The molecule has 0 spiro atoms. The third-order valence-corrected chi connectivity index (χ3v) is 6.55. The number of nitrogens with one attached hydrogen (secondary N) is 1. The molecule has 0 unspecified atom stereocenters. The van der Waals surface area contributed by atoms with E-state index in [0.29, 0.717) is 31.0 Å². The van der Waals surface area contributed by atoms with Crippen molar-refractivity contribution < 1.29 is 13.2 Å². The van der Waals surface area contributed by atoms with E-state index in [1.807, 2.05) is 12.1 Å². The Labute approximate surface area is 158 Å². The molecule has 138 valence electrons. The number of benzene rings is 1. The predicted octanol–water partition coefficient (Wildman–Crippen LogP) is 2.45. The maximum absolute atomic E-state index is 12.8. The number of hydrogen-bond acceptors (Lipinski definition) is 4. The smallest absolute Gasteiger partial charge is 0.243 e. The van der Waals surface area contributed by atoms with Crippen LogP contribution in [0.3, 0.4) is 0 Å². The van der Waals surface area contributed by atoms with E-state index in [9.17, 15) is 13.2 Å². The van der Waals surface area contributed by atoms with Crippen LogP contribution in [0.25, 0.3) is 0 Å². The summed E-state index contributed by atoms with van der Waals surface area (Å²) in [6.45, 7) is 1.01. The van der Waals surface area contributed by atoms with E-state index in [1.54, 1.807) is 24.5 Å². The Morgan fingerprint density at radius 2 is 1.88 bits per heavy atom. The SMILES string of the molecule is O=C(NCc1ccncc1)[C@H]1CCCN(S(=O)(=O)c2ccc(Cl)cc2)C1. The van der Waals surface area contributed by atoms with Crippen molar-refractivity contribution in [3.8, 4) is 0 Å². The normalized spacial score (nSPS) is 18.4. The van der Waals surface area contributed by atoms with Crippen LogP contribution in [0.5, 0.6) is 0 Å². The minimum atomic E-state index is -3.63. The number of amides is 1. The summed E-state index contributed by atoms with van der Waals surface area (Å²) in [6, 6.07) is 9.75. The van der Waals surface area contributed by atoms with Gasteiger partial charge in [0.15, 0.2) is 0 Å².